The van der Waals surface area contributed by atoms with Gasteiger partial charge in [0.15, 0.2) is 0 Å². The van der Waals surface area contributed by atoms with Crippen LogP contribution in [0.15, 0.2) is 22.6 Å². The van der Waals surface area contributed by atoms with E-state index in [2.05, 4.69) is 15.5 Å². The Morgan fingerprint density at radius 1 is 1.29 bits per heavy atom. The van der Waals surface area contributed by atoms with Crippen LogP contribution in [-0.2, 0) is 0 Å². The van der Waals surface area contributed by atoms with Gasteiger partial charge >= 0.3 is 6.01 Å². The average molecular weight is 235 g/mol. The van der Waals surface area contributed by atoms with Gasteiger partial charge in [-0.3, -0.25) is 10.1 Å². The predicted molar refractivity (Wildman–Crippen MR) is 56.8 cm³/mol. The predicted octanol–water partition coefficient (Wildman–Crippen LogP) is 1.04. The normalized spacial score (nSPS) is 10.2. The van der Waals surface area contributed by atoms with E-state index in [0.717, 1.165) is 0 Å². The van der Waals surface area contributed by atoms with Gasteiger partial charge in [-0.15, -0.1) is 5.10 Å². The second kappa shape index (κ2) is 4.12. The van der Waals surface area contributed by atoms with Crippen LogP contribution >= 0.6 is 0 Å². The van der Waals surface area contributed by atoms with Crippen LogP contribution in [-0.4, -0.2) is 26.3 Å². The highest BCUT2D eigenvalue weighted by atomic mass is 16.4. The van der Waals surface area contributed by atoms with E-state index in [9.17, 15) is 15.0 Å². The van der Waals surface area contributed by atoms with Crippen molar-refractivity contribution in [1.82, 2.24) is 10.2 Å². The monoisotopic (exact) mass is 235 g/mol. The number of hydrogen-bond donors (Lipinski definition) is 3. The molecule has 1 aromatic carbocycles. The lowest BCUT2D eigenvalue weighted by Gasteiger charge is -2.05. The first kappa shape index (κ1) is 10.9. The molecule has 0 spiro atoms. The molecule has 1 amide bonds. The van der Waals surface area contributed by atoms with Gasteiger partial charge in [-0.1, -0.05) is 11.2 Å². The fraction of sp³-hybridized carbons (Fsp3) is 0.100. The summed E-state index contributed by atoms with van der Waals surface area (Å²) >= 11 is 0. The number of benzene rings is 1. The molecule has 0 unspecified atom stereocenters. The Labute approximate surface area is 95.7 Å². The van der Waals surface area contributed by atoms with Crippen molar-refractivity contribution in [2.75, 3.05) is 5.32 Å². The molecular formula is C10H9N3O4. The smallest absolute Gasteiger partial charge is 0.322 e. The Morgan fingerprint density at radius 3 is 2.47 bits per heavy atom. The minimum absolute atomic E-state index is 0.102. The summed E-state index contributed by atoms with van der Waals surface area (Å²) in [5.41, 5.74) is -0.247. The van der Waals surface area contributed by atoms with Gasteiger partial charge in [0.25, 0.3) is 5.91 Å². The SMILES string of the molecule is Cc1nnc(NC(=O)c2c(O)cccc2O)o1. The molecule has 3 N–H and O–H groups in total. The number of anilines is 1. The molecule has 0 bridgehead atoms. The third-order valence-electron chi connectivity index (χ3n) is 1.99. The summed E-state index contributed by atoms with van der Waals surface area (Å²) in [6, 6.07) is 3.88. The molecule has 1 heterocycles. The van der Waals surface area contributed by atoms with Crippen molar-refractivity contribution in [2.45, 2.75) is 6.92 Å². The summed E-state index contributed by atoms with van der Waals surface area (Å²) in [5.74, 6) is -1.11. The van der Waals surface area contributed by atoms with Gasteiger partial charge in [0.05, 0.1) is 0 Å². The van der Waals surface area contributed by atoms with Crippen LogP contribution in [0.3, 0.4) is 0 Å². The second-order valence-electron chi connectivity index (χ2n) is 3.25. The van der Waals surface area contributed by atoms with E-state index in [1.807, 2.05) is 0 Å². The van der Waals surface area contributed by atoms with Gasteiger partial charge < -0.3 is 14.6 Å². The first-order valence-corrected chi connectivity index (χ1v) is 4.70. The largest absolute Gasteiger partial charge is 0.507 e. The fourth-order valence-electron chi connectivity index (χ4n) is 1.27. The molecule has 88 valence electrons. The number of carbonyl (C=O) groups excluding carboxylic acids is 1. The molecule has 2 aromatic rings. The molecule has 17 heavy (non-hydrogen) atoms. The number of nitrogens with one attached hydrogen (secondary N) is 1. The summed E-state index contributed by atoms with van der Waals surface area (Å²) in [6.07, 6.45) is 0. The van der Waals surface area contributed by atoms with Crippen molar-refractivity contribution in [1.29, 1.82) is 0 Å². The van der Waals surface area contributed by atoms with Crippen LogP contribution in [0, 0.1) is 6.92 Å². The van der Waals surface area contributed by atoms with Crippen LogP contribution in [0.5, 0.6) is 11.5 Å². The summed E-state index contributed by atoms with van der Waals surface area (Å²) in [5, 5.41) is 28.3. The zero-order chi connectivity index (χ0) is 12.4. The third kappa shape index (κ3) is 2.17. The molecule has 0 fully saturated rings. The Hall–Kier alpha value is -2.57. The van der Waals surface area contributed by atoms with Gasteiger partial charge in [0.1, 0.15) is 17.1 Å². The van der Waals surface area contributed by atoms with E-state index < -0.39 is 5.91 Å². The Bertz CT molecular complexity index is 544. The molecular weight excluding hydrogens is 226 g/mol. The van der Waals surface area contributed by atoms with Crippen molar-refractivity contribution in [3.63, 3.8) is 0 Å². The second-order valence-corrected chi connectivity index (χ2v) is 3.25. The lowest BCUT2D eigenvalue weighted by molar-refractivity contribution is 0.101. The van der Waals surface area contributed by atoms with Gasteiger partial charge in [-0.2, -0.15) is 0 Å². The molecule has 0 radical (unpaired) electrons. The first-order valence-electron chi connectivity index (χ1n) is 4.70. The Balaban J connectivity index is 2.26. The van der Waals surface area contributed by atoms with Crippen molar-refractivity contribution >= 4 is 11.9 Å². The lowest BCUT2D eigenvalue weighted by atomic mass is 10.1. The van der Waals surface area contributed by atoms with E-state index in [1.54, 1.807) is 6.92 Å². The van der Waals surface area contributed by atoms with E-state index in [1.165, 1.54) is 18.2 Å². The van der Waals surface area contributed by atoms with Crippen LogP contribution < -0.4 is 5.32 Å². The quantitative estimate of drug-likeness (QED) is 0.717. The zero-order valence-corrected chi connectivity index (χ0v) is 8.84. The average Bonchev–Trinajstić information content (AvgIpc) is 2.63. The molecule has 0 aliphatic rings. The van der Waals surface area contributed by atoms with E-state index in [4.69, 9.17) is 4.42 Å². The maximum Gasteiger partial charge on any atom is 0.322 e. The first-order chi connectivity index (χ1) is 8.08. The van der Waals surface area contributed by atoms with Crippen LogP contribution in [0.4, 0.5) is 6.01 Å². The Kier molecular flexibility index (Phi) is 2.65. The number of aromatic hydroxyl groups is 2. The molecule has 0 saturated heterocycles. The standard InChI is InChI=1S/C10H9N3O4/c1-5-12-13-10(17-5)11-9(16)8-6(14)3-2-4-7(8)15/h2-4,14-15H,1H3,(H,11,13,16). The van der Waals surface area contributed by atoms with E-state index in [-0.39, 0.29) is 23.1 Å². The number of rotatable bonds is 2. The molecule has 0 aliphatic heterocycles. The van der Waals surface area contributed by atoms with Crippen LogP contribution in [0.2, 0.25) is 0 Å². The molecule has 7 heteroatoms. The van der Waals surface area contributed by atoms with Crippen molar-refractivity contribution in [3.05, 3.63) is 29.7 Å². The number of aryl methyl sites for hydroxylation is 1. The minimum Gasteiger partial charge on any atom is -0.507 e. The summed E-state index contributed by atoms with van der Waals surface area (Å²) in [4.78, 5) is 11.7. The molecule has 0 saturated carbocycles. The van der Waals surface area contributed by atoms with Crippen molar-refractivity contribution < 1.29 is 19.4 Å². The van der Waals surface area contributed by atoms with Gasteiger partial charge in [0, 0.05) is 6.92 Å². The Morgan fingerprint density at radius 2 is 1.94 bits per heavy atom. The minimum atomic E-state index is -0.732. The number of amides is 1. The van der Waals surface area contributed by atoms with E-state index >= 15 is 0 Å². The van der Waals surface area contributed by atoms with Crippen molar-refractivity contribution in [2.24, 2.45) is 0 Å². The molecule has 2 rings (SSSR count). The summed E-state index contributed by atoms with van der Waals surface area (Å²) < 4.78 is 4.94. The number of phenols is 2. The number of aromatic nitrogens is 2. The maximum absolute atomic E-state index is 11.7. The van der Waals surface area contributed by atoms with Gasteiger partial charge in [0.2, 0.25) is 5.89 Å². The third-order valence-corrected chi connectivity index (χ3v) is 1.99. The van der Waals surface area contributed by atoms with Crippen LogP contribution in [0.1, 0.15) is 16.2 Å². The molecule has 7 nitrogen and oxygen atoms in total. The topological polar surface area (TPSA) is 108 Å². The highest BCUT2D eigenvalue weighted by Crippen LogP contribution is 2.26. The summed E-state index contributed by atoms with van der Waals surface area (Å²) in [7, 11) is 0. The fourth-order valence-corrected chi connectivity index (χ4v) is 1.27. The number of carbonyl (C=O) groups is 1. The highest BCUT2D eigenvalue weighted by Gasteiger charge is 2.18. The van der Waals surface area contributed by atoms with E-state index in [0.29, 0.717) is 5.89 Å². The van der Waals surface area contributed by atoms with Crippen molar-refractivity contribution in [3.8, 4) is 11.5 Å². The van der Waals surface area contributed by atoms with Gasteiger partial charge in [-0.25, -0.2) is 0 Å². The lowest BCUT2D eigenvalue weighted by Crippen LogP contribution is -2.12. The van der Waals surface area contributed by atoms with Gasteiger partial charge in [-0.05, 0) is 12.1 Å². The zero-order valence-electron chi connectivity index (χ0n) is 8.84. The molecule has 0 atom stereocenters. The number of phenolic OH excluding ortho intramolecular Hbond substituents is 2. The van der Waals surface area contributed by atoms with Crippen LogP contribution in [0.25, 0.3) is 0 Å². The number of nitrogens with zero attached hydrogens (tertiary/aromatic N) is 2. The highest BCUT2D eigenvalue weighted by molar-refractivity contribution is 6.07. The number of hydrogen-bond acceptors (Lipinski definition) is 6. The summed E-state index contributed by atoms with van der Waals surface area (Å²) in [6.45, 7) is 1.57. The molecule has 1 aromatic heterocycles. The maximum atomic E-state index is 11.7. The molecule has 0 aliphatic carbocycles.